The first-order valence-electron chi connectivity index (χ1n) is 5.41. The average Bonchev–Trinajstić information content (AvgIpc) is 2.34. The largest absolute Gasteiger partial charge is 0.438 e. The van der Waals surface area contributed by atoms with Crippen LogP contribution in [0.1, 0.15) is 16.7 Å². The van der Waals surface area contributed by atoms with Gasteiger partial charge in [-0.1, -0.05) is 11.6 Å². The topological polar surface area (TPSA) is 45.9 Å². The quantitative estimate of drug-likeness (QED) is 0.817. The molecule has 0 atom stereocenters. The Morgan fingerprint density at radius 1 is 1.22 bits per heavy atom. The molecule has 0 bridgehead atoms. The van der Waals surface area contributed by atoms with Gasteiger partial charge in [0.15, 0.2) is 0 Å². The van der Waals surface area contributed by atoms with Gasteiger partial charge < -0.3 is 4.74 Å². The maximum absolute atomic E-state index is 8.69. The van der Waals surface area contributed by atoms with Gasteiger partial charge in [-0.3, -0.25) is 0 Å². The lowest BCUT2D eigenvalue weighted by Crippen LogP contribution is -1.93. The van der Waals surface area contributed by atoms with Gasteiger partial charge >= 0.3 is 0 Å². The molecule has 0 fully saturated rings. The van der Waals surface area contributed by atoms with Gasteiger partial charge in [-0.05, 0) is 43.2 Å². The standard InChI is InChI=1S/C14H11ClN2O/c1-9-5-12(15)6-10(2)14(9)18-13-4-3-11(7-16)8-17-13/h3-6,8H,1-2H3. The minimum Gasteiger partial charge on any atom is -0.438 e. The molecular weight excluding hydrogens is 248 g/mol. The highest BCUT2D eigenvalue weighted by Gasteiger charge is 2.07. The first-order valence-corrected chi connectivity index (χ1v) is 5.78. The molecular formula is C14H11ClN2O. The van der Waals surface area contributed by atoms with Crippen molar-refractivity contribution in [1.29, 1.82) is 5.26 Å². The van der Waals surface area contributed by atoms with Crippen LogP contribution in [0.2, 0.25) is 5.02 Å². The number of halogens is 1. The van der Waals surface area contributed by atoms with Gasteiger partial charge in [-0.25, -0.2) is 4.98 Å². The monoisotopic (exact) mass is 258 g/mol. The molecule has 0 amide bonds. The van der Waals surface area contributed by atoms with Crippen molar-refractivity contribution in [3.8, 4) is 17.7 Å². The number of hydrogen-bond acceptors (Lipinski definition) is 3. The summed E-state index contributed by atoms with van der Waals surface area (Å²) in [6, 6.07) is 9.04. The van der Waals surface area contributed by atoms with Gasteiger partial charge in [0, 0.05) is 17.3 Å². The fraction of sp³-hybridized carbons (Fsp3) is 0.143. The highest BCUT2D eigenvalue weighted by atomic mass is 35.5. The molecule has 90 valence electrons. The van der Waals surface area contributed by atoms with Crippen molar-refractivity contribution in [2.45, 2.75) is 13.8 Å². The van der Waals surface area contributed by atoms with E-state index in [1.54, 1.807) is 12.1 Å². The summed E-state index contributed by atoms with van der Waals surface area (Å²) in [4.78, 5) is 4.07. The van der Waals surface area contributed by atoms with Crippen LogP contribution in [0, 0.1) is 25.2 Å². The minimum atomic E-state index is 0.461. The maximum atomic E-state index is 8.69. The van der Waals surface area contributed by atoms with E-state index in [1.165, 1.54) is 6.20 Å². The van der Waals surface area contributed by atoms with Crippen molar-refractivity contribution in [1.82, 2.24) is 4.98 Å². The number of nitrogens with zero attached hydrogens (tertiary/aromatic N) is 2. The summed E-state index contributed by atoms with van der Waals surface area (Å²) >= 11 is 5.96. The van der Waals surface area contributed by atoms with Gasteiger partial charge in [0.05, 0.1) is 5.56 Å². The van der Waals surface area contributed by atoms with Crippen LogP contribution in [0.4, 0.5) is 0 Å². The van der Waals surface area contributed by atoms with Crippen LogP contribution >= 0.6 is 11.6 Å². The lowest BCUT2D eigenvalue weighted by Gasteiger charge is -2.11. The van der Waals surface area contributed by atoms with E-state index < -0.39 is 0 Å². The number of ether oxygens (including phenoxy) is 1. The molecule has 0 aliphatic carbocycles. The summed E-state index contributed by atoms with van der Waals surface area (Å²) in [5, 5.41) is 9.38. The Morgan fingerprint density at radius 2 is 1.89 bits per heavy atom. The Labute approximate surface area is 111 Å². The highest BCUT2D eigenvalue weighted by Crippen LogP contribution is 2.30. The van der Waals surface area contributed by atoms with Gasteiger partial charge in [0.2, 0.25) is 5.88 Å². The molecule has 2 aromatic rings. The lowest BCUT2D eigenvalue weighted by molar-refractivity contribution is 0.456. The SMILES string of the molecule is Cc1cc(Cl)cc(C)c1Oc1ccc(C#N)cn1. The smallest absolute Gasteiger partial charge is 0.219 e. The van der Waals surface area contributed by atoms with E-state index in [1.807, 2.05) is 32.0 Å². The summed E-state index contributed by atoms with van der Waals surface area (Å²) in [7, 11) is 0. The number of benzene rings is 1. The Morgan fingerprint density at radius 3 is 2.39 bits per heavy atom. The minimum absolute atomic E-state index is 0.461. The molecule has 0 saturated heterocycles. The number of hydrogen-bond donors (Lipinski definition) is 0. The molecule has 0 aliphatic rings. The third kappa shape index (κ3) is 2.61. The number of aryl methyl sites for hydroxylation is 2. The van der Waals surface area contributed by atoms with E-state index in [0.29, 0.717) is 16.5 Å². The molecule has 1 aromatic carbocycles. The maximum Gasteiger partial charge on any atom is 0.219 e. The van der Waals surface area contributed by atoms with Crippen LogP contribution < -0.4 is 4.74 Å². The van der Waals surface area contributed by atoms with Crippen molar-refractivity contribution in [2.75, 3.05) is 0 Å². The summed E-state index contributed by atoms with van der Waals surface area (Å²) in [5.74, 6) is 1.21. The van der Waals surface area contributed by atoms with Crippen LogP contribution in [-0.4, -0.2) is 4.98 Å². The summed E-state index contributed by atoms with van der Waals surface area (Å²) < 4.78 is 5.72. The van der Waals surface area contributed by atoms with Crippen LogP contribution in [0.25, 0.3) is 0 Å². The molecule has 0 unspecified atom stereocenters. The van der Waals surface area contributed by atoms with E-state index in [-0.39, 0.29) is 0 Å². The number of pyridine rings is 1. The van der Waals surface area contributed by atoms with E-state index in [4.69, 9.17) is 21.6 Å². The number of nitriles is 1. The molecule has 1 aromatic heterocycles. The normalized spacial score (nSPS) is 9.89. The zero-order chi connectivity index (χ0) is 13.1. The Balaban J connectivity index is 2.31. The molecule has 0 N–H and O–H groups in total. The van der Waals surface area contributed by atoms with Gasteiger partial charge in [-0.15, -0.1) is 0 Å². The second kappa shape index (κ2) is 5.07. The third-order valence-electron chi connectivity index (χ3n) is 2.50. The lowest BCUT2D eigenvalue weighted by atomic mass is 10.1. The molecule has 0 aliphatic heterocycles. The molecule has 2 rings (SSSR count). The molecule has 3 nitrogen and oxygen atoms in total. The Bertz CT molecular complexity index is 592. The average molecular weight is 259 g/mol. The zero-order valence-corrected chi connectivity index (χ0v) is 10.8. The van der Waals surface area contributed by atoms with Crippen molar-refractivity contribution in [3.63, 3.8) is 0 Å². The fourth-order valence-corrected chi connectivity index (χ4v) is 2.00. The van der Waals surface area contributed by atoms with E-state index in [9.17, 15) is 0 Å². The van der Waals surface area contributed by atoms with E-state index >= 15 is 0 Å². The van der Waals surface area contributed by atoms with Crippen molar-refractivity contribution in [2.24, 2.45) is 0 Å². The zero-order valence-electron chi connectivity index (χ0n) is 10.1. The van der Waals surface area contributed by atoms with E-state index in [2.05, 4.69) is 4.98 Å². The molecule has 4 heteroatoms. The summed E-state index contributed by atoms with van der Waals surface area (Å²) in [6.07, 6.45) is 1.48. The van der Waals surface area contributed by atoms with Crippen LogP contribution in [0.5, 0.6) is 11.6 Å². The fourth-order valence-electron chi connectivity index (χ4n) is 1.67. The molecule has 0 saturated carbocycles. The first-order chi connectivity index (χ1) is 8.60. The van der Waals surface area contributed by atoms with Crippen LogP contribution in [0.3, 0.4) is 0 Å². The molecule has 18 heavy (non-hydrogen) atoms. The Kier molecular flexibility index (Phi) is 3.50. The van der Waals surface area contributed by atoms with Gasteiger partial charge in [0.1, 0.15) is 11.8 Å². The van der Waals surface area contributed by atoms with E-state index in [0.717, 1.165) is 16.9 Å². The molecule has 0 spiro atoms. The predicted molar refractivity (Wildman–Crippen MR) is 70.0 cm³/mol. The second-order valence-electron chi connectivity index (χ2n) is 3.97. The Hall–Kier alpha value is -2.05. The first kappa shape index (κ1) is 12.4. The van der Waals surface area contributed by atoms with Crippen molar-refractivity contribution in [3.05, 3.63) is 52.2 Å². The predicted octanol–water partition coefficient (Wildman–Crippen LogP) is 4.02. The van der Waals surface area contributed by atoms with Gasteiger partial charge in [-0.2, -0.15) is 5.26 Å². The van der Waals surface area contributed by atoms with Crippen molar-refractivity contribution >= 4 is 11.6 Å². The van der Waals surface area contributed by atoms with Crippen LogP contribution in [-0.2, 0) is 0 Å². The number of aromatic nitrogens is 1. The van der Waals surface area contributed by atoms with Crippen LogP contribution in [0.15, 0.2) is 30.5 Å². The third-order valence-corrected chi connectivity index (χ3v) is 2.72. The molecule has 0 radical (unpaired) electrons. The molecule has 1 heterocycles. The van der Waals surface area contributed by atoms with Gasteiger partial charge in [0.25, 0.3) is 0 Å². The summed E-state index contributed by atoms with van der Waals surface area (Å²) in [6.45, 7) is 3.86. The second-order valence-corrected chi connectivity index (χ2v) is 4.40. The summed E-state index contributed by atoms with van der Waals surface area (Å²) in [5.41, 5.74) is 2.41. The van der Waals surface area contributed by atoms with Crippen molar-refractivity contribution < 1.29 is 4.74 Å². The highest BCUT2D eigenvalue weighted by molar-refractivity contribution is 6.30. The number of rotatable bonds is 2.